The molecule has 2 aromatic rings. The fourth-order valence-electron chi connectivity index (χ4n) is 5.10. The first kappa shape index (κ1) is 16.9. The highest BCUT2D eigenvalue weighted by atomic mass is 32.2. The van der Waals surface area contributed by atoms with Gasteiger partial charge in [0.2, 0.25) is 0 Å². The summed E-state index contributed by atoms with van der Waals surface area (Å²) in [5.74, 6) is -1.01. The Labute approximate surface area is 157 Å². The Bertz CT molecular complexity index is 1030. The molecule has 2 aliphatic carbocycles. The van der Waals surface area contributed by atoms with E-state index in [-0.39, 0.29) is 22.3 Å². The average molecular weight is 385 g/mol. The SMILES string of the molecule is O=C1c2cccc3cccc(c23)C(=O)N1OS(=O)(=O)CC12CCC(CC1)C2. The van der Waals surface area contributed by atoms with Crippen LogP contribution in [0.2, 0.25) is 0 Å². The Morgan fingerprint density at radius 2 is 1.59 bits per heavy atom. The molecule has 7 heteroatoms. The summed E-state index contributed by atoms with van der Waals surface area (Å²) in [6.45, 7) is 0. The lowest BCUT2D eigenvalue weighted by molar-refractivity contribution is -0.0162. The van der Waals surface area contributed by atoms with Gasteiger partial charge in [-0.25, -0.2) is 0 Å². The van der Waals surface area contributed by atoms with Crippen LogP contribution in [0.3, 0.4) is 0 Å². The van der Waals surface area contributed by atoms with Crippen LogP contribution in [0.5, 0.6) is 0 Å². The molecule has 0 aromatic heterocycles. The van der Waals surface area contributed by atoms with Gasteiger partial charge in [0.1, 0.15) is 0 Å². The molecule has 0 N–H and O–H groups in total. The van der Waals surface area contributed by atoms with Gasteiger partial charge in [0.05, 0.1) is 16.9 Å². The van der Waals surface area contributed by atoms with Gasteiger partial charge < -0.3 is 0 Å². The fraction of sp³-hybridized carbons (Fsp3) is 0.400. The second-order valence-corrected chi connectivity index (χ2v) is 9.59. The number of imide groups is 1. The van der Waals surface area contributed by atoms with E-state index in [9.17, 15) is 18.0 Å². The standard InChI is InChI=1S/C20H19NO5S/c22-18-15-5-1-3-14-4-2-6-16(17(14)15)19(23)21(18)26-27(24,25)12-20-9-7-13(11-20)8-10-20/h1-6,13H,7-12H2. The summed E-state index contributed by atoms with van der Waals surface area (Å²) >= 11 is 0. The van der Waals surface area contributed by atoms with Crippen LogP contribution < -0.4 is 0 Å². The highest BCUT2D eigenvalue weighted by molar-refractivity contribution is 7.86. The third-order valence-corrected chi connectivity index (χ3v) is 7.64. The van der Waals surface area contributed by atoms with Gasteiger partial charge in [-0.05, 0) is 61.0 Å². The number of amides is 2. The summed E-state index contributed by atoms with van der Waals surface area (Å²) < 4.78 is 30.5. The molecule has 0 atom stereocenters. The van der Waals surface area contributed by atoms with Gasteiger partial charge in [0.25, 0.3) is 21.9 Å². The lowest BCUT2D eigenvalue weighted by atomic mass is 9.87. The van der Waals surface area contributed by atoms with Crippen LogP contribution in [0.1, 0.15) is 52.8 Å². The monoisotopic (exact) mass is 385 g/mol. The minimum absolute atomic E-state index is 0.139. The first-order chi connectivity index (χ1) is 12.9. The molecule has 140 valence electrons. The number of hydrogen-bond acceptors (Lipinski definition) is 5. The van der Waals surface area contributed by atoms with Crippen molar-refractivity contribution in [2.45, 2.75) is 32.1 Å². The number of fused-ring (bicyclic) bond motifs is 2. The van der Waals surface area contributed by atoms with Crippen molar-refractivity contribution >= 4 is 32.7 Å². The molecule has 0 spiro atoms. The molecule has 1 heterocycles. The van der Waals surface area contributed by atoms with E-state index >= 15 is 0 Å². The van der Waals surface area contributed by atoms with Crippen molar-refractivity contribution in [3.8, 4) is 0 Å². The molecule has 2 saturated carbocycles. The van der Waals surface area contributed by atoms with Gasteiger partial charge in [-0.15, -0.1) is 9.35 Å². The normalized spacial score (nSPS) is 27.0. The Balaban J connectivity index is 1.47. The average Bonchev–Trinajstić information content (AvgIpc) is 3.22. The quantitative estimate of drug-likeness (QED) is 0.755. The second kappa shape index (κ2) is 5.62. The van der Waals surface area contributed by atoms with Gasteiger partial charge in [-0.1, -0.05) is 24.3 Å². The molecule has 5 rings (SSSR count). The molecular formula is C20H19NO5S. The summed E-state index contributed by atoms with van der Waals surface area (Å²) in [7, 11) is -4.06. The summed E-state index contributed by atoms with van der Waals surface area (Å²) in [4.78, 5) is 25.6. The van der Waals surface area contributed by atoms with Crippen molar-refractivity contribution in [1.29, 1.82) is 0 Å². The molecule has 0 radical (unpaired) electrons. The minimum atomic E-state index is -4.06. The number of benzene rings is 2. The predicted octanol–water partition coefficient (Wildman–Crippen LogP) is 3.28. The van der Waals surface area contributed by atoms with E-state index in [1.165, 1.54) is 0 Å². The molecule has 2 amide bonds. The molecule has 1 aliphatic heterocycles. The van der Waals surface area contributed by atoms with Gasteiger partial charge >= 0.3 is 0 Å². The summed E-state index contributed by atoms with van der Waals surface area (Å²) in [5, 5.41) is 1.72. The van der Waals surface area contributed by atoms with Crippen molar-refractivity contribution in [2.75, 3.05) is 5.75 Å². The van der Waals surface area contributed by atoms with E-state index in [2.05, 4.69) is 0 Å². The lowest BCUT2D eigenvalue weighted by Crippen LogP contribution is -2.43. The number of rotatable bonds is 4. The van der Waals surface area contributed by atoms with Crippen LogP contribution in [0.15, 0.2) is 36.4 Å². The molecular weight excluding hydrogens is 366 g/mol. The van der Waals surface area contributed by atoms with Crippen molar-refractivity contribution < 1.29 is 22.3 Å². The first-order valence-corrected chi connectivity index (χ1v) is 10.8. The van der Waals surface area contributed by atoms with Crippen LogP contribution in [-0.4, -0.2) is 31.0 Å². The summed E-state index contributed by atoms with van der Waals surface area (Å²) in [6.07, 6.45) is 4.72. The van der Waals surface area contributed by atoms with Crippen LogP contribution in [0.25, 0.3) is 10.8 Å². The highest BCUT2D eigenvalue weighted by Gasteiger charge is 2.48. The predicted molar refractivity (Wildman–Crippen MR) is 98.3 cm³/mol. The maximum absolute atomic E-state index is 12.8. The van der Waals surface area contributed by atoms with Crippen molar-refractivity contribution in [3.63, 3.8) is 0 Å². The number of carbonyl (C=O) groups excluding carboxylic acids is 2. The maximum atomic E-state index is 12.8. The molecule has 0 unspecified atom stereocenters. The number of hydroxylamine groups is 2. The second-order valence-electron chi connectivity index (χ2n) is 8.04. The van der Waals surface area contributed by atoms with Gasteiger partial charge in [-0.2, -0.15) is 8.42 Å². The van der Waals surface area contributed by atoms with Crippen LogP contribution in [0, 0.1) is 11.3 Å². The molecule has 2 fully saturated rings. The Morgan fingerprint density at radius 3 is 2.11 bits per heavy atom. The number of carbonyl (C=O) groups is 2. The van der Waals surface area contributed by atoms with E-state index in [0.29, 0.717) is 16.4 Å². The molecule has 2 bridgehead atoms. The molecule has 6 nitrogen and oxygen atoms in total. The third kappa shape index (κ3) is 2.60. The van der Waals surface area contributed by atoms with Crippen molar-refractivity contribution in [3.05, 3.63) is 47.5 Å². The molecule has 3 aliphatic rings. The largest absolute Gasteiger partial charge is 0.289 e. The van der Waals surface area contributed by atoms with Gasteiger partial charge in [0.15, 0.2) is 0 Å². The molecule has 2 aromatic carbocycles. The van der Waals surface area contributed by atoms with Gasteiger partial charge in [-0.3, -0.25) is 9.59 Å². The van der Waals surface area contributed by atoms with E-state index in [1.807, 2.05) is 12.1 Å². The van der Waals surface area contributed by atoms with Crippen molar-refractivity contribution in [1.82, 2.24) is 5.06 Å². The Hall–Kier alpha value is -2.25. The zero-order chi connectivity index (χ0) is 18.8. The van der Waals surface area contributed by atoms with E-state index in [1.54, 1.807) is 24.3 Å². The molecule has 0 saturated heterocycles. The first-order valence-electron chi connectivity index (χ1n) is 9.20. The lowest BCUT2D eigenvalue weighted by Gasteiger charge is -2.29. The third-order valence-electron chi connectivity index (χ3n) is 6.29. The van der Waals surface area contributed by atoms with Crippen molar-refractivity contribution in [2.24, 2.45) is 11.3 Å². The maximum Gasteiger partial charge on any atom is 0.289 e. The highest BCUT2D eigenvalue weighted by Crippen LogP contribution is 2.54. The van der Waals surface area contributed by atoms with E-state index in [0.717, 1.165) is 37.5 Å². The van der Waals surface area contributed by atoms with Crippen LogP contribution >= 0.6 is 0 Å². The van der Waals surface area contributed by atoms with E-state index in [4.69, 9.17) is 4.28 Å². The number of nitrogens with zero attached hydrogens (tertiary/aromatic N) is 1. The Morgan fingerprint density at radius 1 is 1.00 bits per heavy atom. The fourth-order valence-corrected chi connectivity index (χ4v) is 6.68. The summed E-state index contributed by atoms with van der Waals surface area (Å²) in [5.41, 5.74) is 0.291. The Kier molecular flexibility index (Phi) is 3.52. The number of hydrogen-bond donors (Lipinski definition) is 0. The smallest absolute Gasteiger partial charge is 0.266 e. The topological polar surface area (TPSA) is 80.8 Å². The van der Waals surface area contributed by atoms with Crippen LogP contribution in [0.4, 0.5) is 0 Å². The minimum Gasteiger partial charge on any atom is -0.266 e. The summed E-state index contributed by atoms with van der Waals surface area (Å²) in [6, 6.07) is 10.2. The zero-order valence-corrected chi connectivity index (χ0v) is 15.5. The van der Waals surface area contributed by atoms with Crippen LogP contribution in [-0.2, 0) is 14.4 Å². The molecule has 27 heavy (non-hydrogen) atoms. The van der Waals surface area contributed by atoms with E-state index < -0.39 is 21.9 Å². The van der Waals surface area contributed by atoms with Gasteiger partial charge in [0, 0.05) is 5.39 Å². The zero-order valence-electron chi connectivity index (χ0n) is 14.7.